The molecule has 2 amide bonds. The number of nitrogens with one attached hydrogen (secondary N) is 2. The van der Waals surface area contributed by atoms with Crippen LogP contribution in [-0.4, -0.2) is 48.4 Å². The highest BCUT2D eigenvalue weighted by molar-refractivity contribution is 5.96. The van der Waals surface area contributed by atoms with Gasteiger partial charge in [-0.1, -0.05) is 36.4 Å². The van der Waals surface area contributed by atoms with Crippen molar-refractivity contribution >= 4 is 11.8 Å². The summed E-state index contributed by atoms with van der Waals surface area (Å²) in [7, 11) is 0. The Balaban J connectivity index is 1.09. The number of nitrogens with zero attached hydrogens (tertiary/aromatic N) is 1. The number of carbonyl (C=O) groups excluding carboxylic acids is 2. The lowest BCUT2D eigenvalue weighted by molar-refractivity contribution is -0.137. The van der Waals surface area contributed by atoms with Gasteiger partial charge in [-0.25, -0.2) is 0 Å². The molecule has 37 heavy (non-hydrogen) atoms. The summed E-state index contributed by atoms with van der Waals surface area (Å²) in [5.74, 6) is -0.228. The molecule has 5 rings (SSSR count). The molecule has 2 atom stereocenters. The highest BCUT2D eigenvalue weighted by Crippen LogP contribution is 2.49. The van der Waals surface area contributed by atoms with E-state index in [1.165, 1.54) is 30.5 Å². The molecule has 198 valence electrons. The zero-order chi connectivity index (χ0) is 26.0. The van der Waals surface area contributed by atoms with Gasteiger partial charge in [-0.15, -0.1) is 0 Å². The third kappa shape index (κ3) is 5.69. The molecule has 0 unspecified atom stereocenters. The van der Waals surface area contributed by atoms with Crippen molar-refractivity contribution in [1.29, 1.82) is 0 Å². The van der Waals surface area contributed by atoms with Crippen LogP contribution in [0.5, 0.6) is 0 Å². The molecular formula is C29H34F3N3O2. The Bertz CT molecular complexity index is 1110. The average Bonchev–Trinajstić information content (AvgIpc) is 3.38. The van der Waals surface area contributed by atoms with E-state index in [0.29, 0.717) is 31.1 Å². The van der Waals surface area contributed by atoms with Crippen molar-refractivity contribution in [1.82, 2.24) is 15.5 Å². The van der Waals surface area contributed by atoms with Gasteiger partial charge in [-0.2, -0.15) is 13.2 Å². The zero-order valence-electron chi connectivity index (χ0n) is 20.9. The maximum atomic E-state index is 12.9. The smallest absolute Gasteiger partial charge is 0.343 e. The van der Waals surface area contributed by atoms with Gasteiger partial charge in [0.1, 0.15) is 0 Å². The lowest BCUT2D eigenvalue weighted by Gasteiger charge is -2.49. The van der Waals surface area contributed by atoms with Crippen molar-refractivity contribution in [2.24, 2.45) is 5.41 Å². The molecule has 1 heterocycles. The third-order valence-electron chi connectivity index (χ3n) is 8.70. The van der Waals surface area contributed by atoms with Gasteiger partial charge in [0.15, 0.2) is 0 Å². The molecule has 2 N–H and O–H groups in total. The normalized spacial score (nSPS) is 27.6. The van der Waals surface area contributed by atoms with E-state index in [4.69, 9.17) is 0 Å². The van der Waals surface area contributed by atoms with Crippen LogP contribution in [0, 0.1) is 5.41 Å². The second-order valence-electron chi connectivity index (χ2n) is 10.9. The summed E-state index contributed by atoms with van der Waals surface area (Å²) < 4.78 is 38.8. The predicted octanol–water partition coefficient (Wildman–Crippen LogP) is 5.13. The Morgan fingerprint density at radius 2 is 1.70 bits per heavy atom. The van der Waals surface area contributed by atoms with Gasteiger partial charge in [0.25, 0.3) is 5.91 Å². The largest absolute Gasteiger partial charge is 0.416 e. The Kier molecular flexibility index (Phi) is 7.30. The van der Waals surface area contributed by atoms with E-state index < -0.39 is 17.6 Å². The lowest BCUT2D eigenvalue weighted by atomic mass is 9.63. The minimum atomic E-state index is -4.52. The van der Waals surface area contributed by atoms with Crippen LogP contribution in [-0.2, 0) is 11.0 Å². The Labute approximate surface area is 215 Å². The van der Waals surface area contributed by atoms with Crippen LogP contribution in [0.2, 0.25) is 0 Å². The predicted molar refractivity (Wildman–Crippen MR) is 135 cm³/mol. The van der Waals surface area contributed by atoms with E-state index in [1.54, 1.807) is 4.90 Å². The van der Waals surface area contributed by atoms with Gasteiger partial charge in [0.2, 0.25) is 5.91 Å². The Morgan fingerprint density at radius 3 is 2.38 bits per heavy atom. The monoisotopic (exact) mass is 513 g/mol. The SMILES string of the molecule is O=C(NCC(=O)N1CC[C@]2(CC[C@@H]2NC2CCC(c3ccccc3)CC2)C1)c1cccc(C(F)(F)F)c1. The molecule has 3 fully saturated rings. The fraction of sp³-hybridized carbons (Fsp3) is 0.517. The molecule has 2 aromatic rings. The minimum Gasteiger partial charge on any atom is -0.343 e. The highest BCUT2D eigenvalue weighted by atomic mass is 19.4. The van der Waals surface area contributed by atoms with Gasteiger partial charge < -0.3 is 15.5 Å². The van der Waals surface area contributed by atoms with Crippen molar-refractivity contribution in [2.75, 3.05) is 19.6 Å². The zero-order valence-corrected chi connectivity index (χ0v) is 20.9. The van der Waals surface area contributed by atoms with Crippen LogP contribution < -0.4 is 10.6 Å². The Morgan fingerprint density at radius 1 is 0.946 bits per heavy atom. The van der Waals surface area contributed by atoms with E-state index in [0.717, 1.165) is 44.2 Å². The number of hydrogen-bond acceptors (Lipinski definition) is 3. The number of alkyl halides is 3. The summed E-state index contributed by atoms with van der Waals surface area (Å²) in [5, 5.41) is 6.41. The van der Waals surface area contributed by atoms with E-state index in [9.17, 15) is 22.8 Å². The van der Waals surface area contributed by atoms with E-state index in [2.05, 4.69) is 41.0 Å². The number of benzene rings is 2. The van der Waals surface area contributed by atoms with Crippen LogP contribution >= 0.6 is 0 Å². The van der Waals surface area contributed by atoms with Crippen LogP contribution in [0.1, 0.15) is 72.3 Å². The summed E-state index contributed by atoms with van der Waals surface area (Å²) in [4.78, 5) is 27.0. The minimum absolute atomic E-state index is 0.0942. The molecule has 8 heteroatoms. The number of hydrogen-bond donors (Lipinski definition) is 2. The molecule has 0 radical (unpaired) electrons. The fourth-order valence-corrected chi connectivity index (χ4v) is 6.36. The van der Waals surface area contributed by atoms with Crippen molar-refractivity contribution in [3.63, 3.8) is 0 Å². The number of rotatable bonds is 6. The first-order chi connectivity index (χ1) is 17.7. The second kappa shape index (κ2) is 10.5. The first-order valence-electron chi connectivity index (χ1n) is 13.3. The highest BCUT2D eigenvalue weighted by Gasteiger charge is 2.52. The van der Waals surface area contributed by atoms with Crippen molar-refractivity contribution in [2.45, 2.75) is 69.1 Å². The standard InChI is InChI=1S/C29H34F3N3O2/c30-29(31,32)23-8-4-7-22(17-23)27(37)33-18-26(36)35-16-15-28(19-35)14-13-25(28)34-24-11-9-21(10-12-24)20-5-2-1-3-6-20/h1-8,17,21,24-25,34H,9-16,18-19H2,(H,33,37)/t21?,24?,25-,28+/m0/s1. The van der Waals surface area contributed by atoms with Crippen molar-refractivity contribution in [3.05, 3.63) is 71.3 Å². The van der Waals surface area contributed by atoms with Gasteiger partial charge >= 0.3 is 6.18 Å². The summed E-state index contributed by atoms with van der Waals surface area (Å²) in [5.41, 5.74) is 0.540. The van der Waals surface area contributed by atoms with Crippen LogP contribution in [0.3, 0.4) is 0 Å². The van der Waals surface area contributed by atoms with Gasteiger partial charge in [-0.3, -0.25) is 9.59 Å². The van der Waals surface area contributed by atoms with Crippen molar-refractivity contribution in [3.8, 4) is 0 Å². The number of halogens is 3. The summed E-state index contributed by atoms with van der Waals surface area (Å²) in [6, 6.07) is 15.9. The van der Waals surface area contributed by atoms with Gasteiger partial charge in [0.05, 0.1) is 12.1 Å². The van der Waals surface area contributed by atoms with E-state index >= 15 is 0 Å². The van der Waals surface area contributed by atoms with Crippen LogP contribution in [0.15, 0.2) is 54.6 Å². The fourth-order valence-electron chi connectivity index (χ4n) is 6.36. The number of carbonyl (C=O) groups is 2. The van der Waals surface area contributed by atoms with E-state index in [-0.39, 0.29) is 23.4 Å². The van der Waals surface area contributed by atoms with Crippen LogP contribution in [0.25, 0.3) is 0 Å². The molecule has 1 spiro atoms. The molecule has 5 nitrogen and oxygen atoms in total. The summed E-state index contributed by atoms with van der Waals surface area (Å²) in [6.07, 6.45) is 3.33. The van der Waals surface area contributed by atoms with Gasteiger partial charge in [-0.05, 0) is 74.6 Å². The maximum Gasteiger partial charge on any atom is 0.416 e. The Hall–Kier alpha value is -2.87. The summed E-state index contributed by atoms with van der Waals surface area (Å²) in [6.45, 7) is 1.10. The maximum absolute atomic E-state index is 12.9. The third-order valence-corrected chi connectivity index (χ3v) is 8.70. The molecule has 2 aromatic carbocycles. The lowest BCUT2D eigenvalue weighted by Crippen LogP contribution is -2.58. The molecule has 0 aromatic heterocycles. The molecular weight excluding hydrogens is 479 g/mol. The molecule has 0 bridgehead atoms. The van der Waals surface area contributed by atoms with Gasteiger partial charge in [0, 0.05) is 36.2 Å². The molecule has 1 saturated heterocycles. The first-order valence-corrected chi connectivity index (χ1v) is 13.3. The number of amides is 2. The topological polar surface area (TPSA) is 61.4 Å². The summed E-state index contributed by atoms with van der Waals surface area (Å²) >= 11 is 0. The quantitative estimate of drug-likeness (QED) is 0.563. The molecule has 1 aliphatic heterocycles. The van der Waals surface area contributed by atoms with E-state index in [1.807, 2.05) is 0 Å². The molecule has 2 saturated carbocycles. The molecule has 3 aliphatic rings. The molecule has 2 aliphatic carbocycles. The first kappa shape index (κ1) is 25.8. The number of likely N-dealkylation sites (tertiary alicyclic amines) is 1. The second-order valence-corrected chi connectivity index (χ2v) is 10.9. The average molecular weight is 514 g/mol. The van der Waals surface area contributed by atoms with Crippen LogP contribution in [0.4, 0.5) is 13.2 Å². The van der Waals surface area contributed by atoms with Crippen molar-refractivity contribution < 1.29 is 22.8 Å².